The lowest BCUT2D eigenvalue weighted by molar-refractivity contribution is -0.385. The van der Waals surface area contributed by atoms with Crippen molar-refractivity contribution in [1.29, 1.82) is 0 Å². The predicted octanol–water partition coefficient (Wildman–Crippen LogP) is 2.11. The molecule has 5 nitrogen and oxygen atoms in total. The van der Waals surface area contributed by atoms with E-state index in [1.54, 1.807) is 22.6 Å². The van der Waals surface area contributed by atoms with Crippen molar-refractivity contribution < 1.29 is 13.7 Å². The average molecular weight is 315 g/mol. The van der Waals surface area contributed by atoms with Gasteiger partial charge in [0.15, 0.2) is 0 Å². The summed E-state index contributed by atoms with van der Waals surface area (Å²) in [6, 6.07) is 0.725. The minimum Gasteiger partial charge on any atom is -0.383 e. The van der Waals surface area contributed by atoms with Crippen molar-refractivity contribution in [2.75, 3.05) is 5.73 Å². The van der Waals surface area contributed by atoms with Crippen LogP contribution in [0.5, 0.6) is 0 Å². The molecule has 0 aliphatic rings. The molecule has 0 aliphatic carbocycles. The highest BCUT2D eigenvalue weighted by molar-refractivity contribution is 14.1. The molecule has 76 valence electrons. The molecule has 0 aromatic carbocycles. The van der Waals surface area contributed by atoms with Crippen LogP contribution < -0.4 is 5.73 Å². The highest BCUT2D eigenvalue weighted by Gasteiger charge is 2.21. The summed E-state index contributed by atoms with van der Waals surface area (Å²) in [5.41, 5.74) is 4.10. The first kappa shape index (κ1) is 11.0. The van der Waals surface area contributed by atoms with Crippen LogP contribution in [0.25, 0.3) is 0 Å². The Bertz CT molecular complexity index is 386. The monoisotopic (exact) mass is 315 g/mol. The minimum atomic E-state index is -2.87. The lowest BCUT2D eigenvalue weighted by Crippen LogP contribution is -2.03. The molecule has 1 heterocycles. The molecular weight excluding hydrogens is 311 g/mol. The summed E-state index contributed by atoms with van der Waals surface area (Å²) in [5.74, 6) is -0.255. The summed E-state index contributed by atoms with van der Waals surface area (Å²) >= 11 is 1.59. The third-order valence-electron chi connectivity index (χ3n) is 1.40. The summed E-state index contributed by atoms with van der Waals surface area (Å²) in [6.07, 6.45) is -2.87. The van der Waals surface area contributed by atoms with Gasteiger partial charge in [-0.3, -0.25) is 10.1 Å². The van der Waals surface area contributed by atoms with Gasteiger partial charge < -0.3 is 5.73 Å². The third-order valence-corrected chi connectivity index (χ3v) is 2.51. The number of nitrogen functional groups attached to an aromatic ring is 1. The molecule has 1 aromatic rings. The van der Waals surface area contributed by atoms with Crippen molar-refractivity contribution in [3.63, 3.8) is 0 Å². The van der Waals surface area contributed by atoms with Gasteiger partial charge in [-0.2, -0.15) is 0 Å². The molecule has 0 bridgehead atoms. The van der Waals surface area contributed by atoms with Crippen molar-refractivity contribution in [3.05, 3.63) is 25.4 Å². The average Bonchev–Trinajstić information content (AvgIpc) is 2.08. The molecule has 0 fully saturated rings. The fourth-order valence-electron chi connectivity index (χ4n) is 0.800. The molecule has 1 rings (SSSR count). The van der Waals surface area contributed by atoms with E-state index in [0.717, 1.165) is 6.07 Å². The molecule has 0 aliphatic heterocycles. The van der Waals surface area contributed by atoms with Crippen LogP contribution >= 0.6 is 22.6 Å². The van der Waals surface area contributed by atoms with Gasteiger partial charge in [0.2, 0.25) is 0 Å². The largest absolute Gasteiger partial charge is 0.383 e. The third kappa shape index (κ3) is 2.05. The van der Waals surface area contributed by atoms with Crippen LogP contribution in [-0.4, -0.2) is 9.91 Å². The predicted molar refractivity (Wildman–Crippen MR) is 53.0 cm³/mol. The minimum absolute atomic E-state index is 0.0667. The standard InChI is InChI=1S/C6H4F2IN3O2/c7-5(8)2-1-3(12(13)14)4(9)6(10)11-2/h1,5H,(H2,10,11). The number of nitro groups is 1. The molecule has 0 saturated carbocycles. The lowest BCUT2D eigenvalue weighted by atomic mass is 10.3. The van der Waals surface area contributed by atoms with Gasteiger partial charge >= 0.3 is 0 Å². The van der Waals surface area contributed by atoms with Crippen LogP contribution in [0.2, 0.25) is 0 Å². The molecule has 0 spiro atoms. The van der Waals surface area contributed by atoms with Gasteiger partial charge in [0, 0.05) is 6.07 Å². The van der Waals surface area contributed by atoms with Gasteiger partial charge in [-0.25, -0.2) is 13.8 Å². The second-order valence-electron chi connectivity index (χ2n) is 2.32. The number of nitrogens with two attached hydrogens (primary N) is 1. The van der Waals surface area contributed by atoms with Crippen molar-refractivity contribution in [3.8, 4) is 0 Å². The highest BCUT2D eigenvalue weighted by atomic mass is 127. The maximum absolute atomic E-state index is 12.2. The van der Waals surface area contributed by atoms with Crippen molar-refractivity contribution in [2.45, 2.75) is 6.43 Å². The number of aromatic nitrogens is 1. The van der Waals surface area contributed by atoms with Gasteiger partial charge in [0.25, 0.3) is 12.1 Å². The van der Waals surface area contributed by atoms with E-state index in [9.17, 15) is 18.9 Å². The smallest absolute Gasteiger partial charge is 0.288 e. The number of rotatable bonds is 2. The molecule has 1 aromatic heterocycles. The van der Waals surface area contributed by atoms with Crippen LogP contribution in [0, 0.1) is 13.7 Å². The Balaban J connectivity index is 3.35. The second-order valence-corrected chi connectivity index (χ2v) is 3.40. The van der Waals surface area contributed by atoms with E-state index in [1.807, 2.05) is 0 Å². The maximum atomic E-state index is 12.2. The number of alkyl halides is 2. The number of hydrogen-bond donors (Lipinski definition) is 1. The Morgan fingerprint density at radius 3 is 2.64 bits per heavy atom. The number of hydrogen-bond acceptors (Lipinski definition) is 4. The van der Waals surface area contributed by atoms with Gasteiger partial charge in [-0.05, 0) is 22.6 Å². The number of halogens is 3. The van der Waals surface area contributed by atoms with E-state index in [1.165, 1.54) is 0 Å². The Labute approximate surface area is 90.6 Å². The fraction of sp³-hybridized carbons (Fsp3) is 0.167. The van der Waals surface area contributed by atoms with Crippen molar-refractivity contribution >= 4 is 34.1 Å². The highest BCUT2D eigenvalue weighted by Crippen LogP contribution is 2.29. The molecular formula is C6H4F2IN3O2. The van der Waals surface area contributed by atoms with E-state index < -0.39 is 22.7 Å². The topological polar surface area (TPSA) is 82.0 Å². The molecule has 14 heavy (non-hydrogen) atoms. The normalized spacial score (nSPS) is 10.6. The quantitative estimate of drug-likeness (QED) is 0.515. The number of nitrogens with zero attached hydrogens (tertiary/aromatic N) is 2. The van der Waals surface area contributed by atoms with Gasteiger partial charge in [0.1, 0.15) is 15.1 Å². The molecule has 0 radical (unpaired) electrons. The van der Waals surface area contributed by atoms with Crippen LogP contribution in [0.3, 0.4) is 0 Å². The molecule has 0 amide bonds. The summed E-state index contributed by atoms with van der Waals surface area (Å²) < 4.78 is 24.4. The van der Waals surface area contributed by atoms with Crippen LogP contribution in [0.4, 0.5) is 20.3 Å². The van der Waals surface area contributed by atoms with E-state index >= 15 is 0 Å². The molecule has 0 saturated heterocycles. The first-order chi connectivity index (χ1) is 6.43. The molecule has 0 unspecified atom stereocenters. The molecule has 0 atom stereocenters. The van der Waals surface area contributed by atoms with E-state index in [4.69, 9.17) is 5.73 Å². The summed E-state index contributed by atoms with van der Waals surface area (Å²) in [4.78, 5) is 13.0. The molecule has 8 heteroatoms. The van der Waals surface area contributed by atoms with Crippen LogP contribution in [0.15, 0.2) is 6.07 Å². The summed E-state index contributed by atoms with van der Waals surface area (Å²) in [7, 11) is 0. The van der Waals surface area contributed by atoms with Crippen LogP contribution in [0.1, 0.15) is 12.1 Å². The Hall–Kier alpha value is -1.06. The van der Waals surface area contributed by atoms with E-state index in [-0.39, 0.29) is 9.39 Å². The fourth-order valence-corrected chi connectivity index (χ4v) is 1.27. The van der Waals surface area contributed by atoms with Gasteiger partial charge in [0.05, 0.1) is 4.92 Å². The Morgan fingerprint density at radius 2 is 2.21 bits per heavy atom. The summed E-state index contributed by atoms with van der Waals surface area (Å²) in [6.45, 7) is 0. The SMILES string of the molecule is Nc1nc(C(F)F)cc([N+](=O)[O-])c1I. The van der Waals surface area contributed by atoms with E-state index in [0.29, 0.717) is 0 Å². The maximum Gasteiger partial charge on any atom is 0.288 e. The second kappa shape index (κ2) is 3.98. The zero-order valence-electron chi connectivity index (χ0n) is 6.58. The van der Waals surface area contributed by atoms with Gasteiger partial charge in [-0.15, -0.1) is 0 Å². The number of pyridine rings is 1. The van der Waals surface area contributed by atoms with Crippen LogP contribution in [-0.2, 0) is 0 Å². The first-order valence-corrected chi connectivity index (χ1v) is 4.39. The van der Waals surface area contributed by atoms with E-state index in [2.05, 4.69) is 4.98 Å². The van der Waals surface area contributed by atoms with Gasteiger partial charge in [-0.1, -0.05) is 0 Å². The van der Waals surface area contributed by atoms with Crippen molar-refractivity contribution in [2.24, 2.45) is 0 Å². The molecule has 2 N–H and O–H groups in total. The zero-order chi connectivity index (χ0) is 10.9. The Morgan fingerprint density at radius 1 is 1.64 bits per heavy atom. The lowest BCUT2D eigenvalue weighted by Gasteiger charge is -2.03. The zero-order valence-corrected chi connectivity index (χ0v) is 8.73. The number of anilines is 1. The van der Waals surface area contributed by atoms with Crippen molar-refractivity contribution in [1.82, 2.24) is 4.98 Å². The first-order valence-electron chi connectivity index (χ1n) is 3.32. The summed E-state index contributed by atoms with van der Waals surface area (Å²) in [5, 5.41) is 10.4. The Kier molecular flexibility index (Phi) is 3.13.